The van der Waals surface area contributed by atoms with E-state index < -0.39 is 10.9 Å². The Labute approximate surface area is 117 Å². The summed E-state index contributed by atoms with van der Waals surface area (Å²) in [5.74, 6) is -0.859. The second kappa shape index (κ2) is 6.47. The van der Waals surface area contributed by atoms with Crippen LogP contribution in [0, 0.1) is 10.1 Å². The number of non-ortho nitro benzene ring substituents is 1. The third-order valence-corrected chi connectivity index (χ3v) is 3.69. The number of rotatable bonds is 6. The lowest BCUT2D eigenvalue weighted by molar-refractivity contribution is -0.384. The SMILES string of the molecule is O=C(O)CN(Cc1cccc([N+](=O)[O-])c1)C1CCCC1. The van der Waals surface area contributed by atoms with Gasteiger partial charge >= 0.3 is 5.97 Å². The van der Waals surface area contributed by atoms with Gasteiger partial charge in [0.2, 0.25) is 0 Å². The van der Waals surface area contributed by atoms with Gasteiger partial charge in [-0.1, -0.05) is 25.0 Å². The molecule has 0 radical (unpaired) electrons. The smallest absolute Gasteiger partial charge is 0.317 e. The Morgan fingerprint density at radius 1 is 1.40 bits per heavy atom. The van der Waals surface area contributed by atoms with E-state index in [2.05, 4.69) is 0 Å². The fourth-order valence-corrected chi connectivity index (χ4v) is 2.76. The van der Waals surface area contributed by atoms with Gasteiger partial charge in [-0.2, -0.15) is 0 Å². The fourth-order valence-electron chi connectivity index (χ4n) is 2.76. The molecular formula is C14H18N2O4. The summed E-state index contributed by atoms with van der Waals surface area (Å²) < 4.78 is 0. The summed E-state index contributed by atoms with van der Waals surface area (Å²) in [4.78, 5) is 23.2. The number of carbonyl (C=O) groups is 1. The van der Waals surface area contributed by atoms with E-state index in [0.717, 1.165) is 31.2 Å². The molecule has 1 saturated carbocycles. The molecule has 1 N–H and O–H groups in total. The van der Waals surface area contributed by atoms with Crippen molar-refractivity contribution in [2.75, 3.05) is 6.54 Å². The number of benzene rings is 1. The first-order valence-electron chi connectivity index (χ1n) is 6.75. The predicted molar refractivity (Wildman–Crippen MR) is 73.4 cm³/mol. The molecule has 0 unspecified atom stereocenters. The normalized spacial score (nSPS) is 15.7. The van der Waals surface area contributed by atoms with E-state index in [1.54, 1.807) is 12.1 Å². The number of carboxylic acids is 1. The van der Waals surface area contributed by atoms with Crippen molar-refractivity contribution < 1.29 is 14.8 Å². The molecule has 20 heavy (non-hydrogen) atoms. The van der Waals surface area contributed by atoms with Crippen LogP contribution in [0.3, 0.4) is 0 Å². The first-order valence-corrected chi connectivity index (χ1v) is 6.75. The molecule has 0 aromatic heterocycles. The van der Waals surface area contributed by atoms with Crippen LogP contribution in [-0.2, 0) is 11.3 Å². The van der Waals surface area contributed by atoms with Gasteiger partial charge in [-0.15, -0.1) is 0 Å². The Bertz CT molecular complexity index is 498. The standard InChI is InChI=1S/C14H18N2O4/c17-14(18)10-15(12-5-1-2-6-12)9-11-4-3-7-13(8-11)16(19)20/h3-4,7-8,12H,1-2,5-6,9-10H2,(H,17,18). The Morgan fingerprint density at radius 2 is 2.10 bits per heavy atom. The minimum Gasteiger partial charge on any atom is -0.480 e. The zero-order valence-corrected chi connectivity index (χ0v) is 11.2. The molecule has 0 spiro atoms. The van der Waals surface area contributed by atoms with Crippen molar-refractivity contribution in [3.8, 4) is 0 Å². The molecule has 0 atom stereocenters. The van der Waals surface area contributed by atoms with E-state index in [0.29, 0.717) is 6.54 Å². The van der Waals surface area contributed by atoms with Crippen LogP contribution in [0.5, 0.6) is 0 Å². The highest BCUT2D eigenvalue weighted by molar-refractivity contribution is 5.69. The third kappa shape index (κ3) is 3.77. The highest BCUT2D eigenvalue weighted by Gasteiger charge is 2.24. The molecule has 1 aliphatic carbocycles. The average Bonchev–Trinajstić information content (AvgIpc) is 2.91. The Kier molecular flexibility index (Phi) is 4.68. The lowest BCUT2D eigenvalue weighted by Gasteiger charge is -2.27. The molecule has 1 fully saturated rings. The van der Waals surface area contributed by atoms with Gasteiger partial charge in [0, 0.05) is 24.7 Å². The van der Waals surface area contributed by atoms with Gasteiger partial charge in [-0.25, -0.2) is 0 Å². The van der Waals surface area contributed by atoms with Crippen LogP contribution in [0.15, 0.2) is 24.3 Å². The maximum Gasteiger partial charge on any atom is 0.317 e. The van der Waals surface area contributed by atoms with Crippen LogP contribution < -0.4 is 0 Å². The Balaban J connectivity index is 2.11. The van der Waals surface area contributed by atoms with Gasteiger partial charge in [0.25, 0.3) is 5.69 Å². The summed E-state index contributed by atoms with van der Waals surface area (Å²) in [7, 11) is 0. The minimum atomic E-state index is -0.859. The summed E-state index contributed by atoms with van der Waals surface area (Å²) >= 11 is 0. The van der Waals surface area contributed by atoms with Gasteiger partial charge in [-0.3, -0.25) is 19.8 Å². The second-order valence-corrected chi connectivity index (χ2v) is 5.16. The molecule has 108 valence electrons. The maximum absolute atomic E-state index is 11.0. The second-order valence-electron chi connectivity index (χ2n) is 5.16. The largest absolute Gasteiger partial charge is 0.480 e. The molecule has 0 amide bonds. The predicted octanol–water partition coefficient (Wildman–Crippen LogP) is 2.42. The molecule has 2 rings (SSSR count). The summed E-state index contributed by atoms with van der Waals surface area (Å²) in [6.45, 7) is 0.423. The van der Waals surface area contributed by atoms with Crippen molar-refractivity contribution in [3.63, 3.8) is 0 Å². The number of carboxylic acid groups (broad SMARTS) is 1. The first-order chi connectivity index (χ1) is 9.56. The third-order valence-electron chi connectivity index (χ3n) is 3.69. The topological polar surface area (TPSA) is 83.7 Å². The van der Waals surface area contributed by atoms with E-state index >= 15 is 0 Å². The van der Waals surface area contributed by atoms with E-state index in [9.17, 15) is 14.9 Å². The number of nitro benzene ring substituents is 1. The zero-order chi connectivity index (χ0) is 14.5. The van der Waals surface area contributed by atoms with Gasteiger partial charge in [0.05, 0.1) is 11.5 Å². The number of hydrogen-bond acceptors (Lipinski definition) is 4. The van der Waals surface area contributed by atoms with Crippen molar-refractivity contribution in [1.29, 1.82) is 0 Å². The molecule has 0 saturated heterocycles. The number of hydrogen-bond donors (Lipinski definition) is 1. The highest BCUT2D eigenvalue weighted by atomic mass is 16.6. The van der Waals surface area contributed by atoms with Crippen LogP contribution in [0.4, 0.5) is 5.69 Å². The van der Waals surface area contributed by atoms with Crippen molar-refractivity contribution in [1.82, 2.24) is 4.90 Å². The molecule has 6 nitrogen and oxygen atoms in total. The van der Waals surface area contributed by atoms with E-state index in [4.69, 9.17) is 5.11 Å². The van der Waals surface area contributed by atoms with Gasteiger partial charge in [0.1, 0.15) is 0 Å². The number of aliphatic carboxylic acids is 1. The summed E-state index contributed by atoms with van der Waals surface area (Å²) in [6.07, 6.45) is 4.25. The van der Waals surface area contributed by atoms with Gasteiger partial charge in [-0.05, 0) is 18.4 Å². The summed E-state index contributed by atoms with van der Waals surface area (Å²) in [5, 5.41) is 19.8. The van der Waals surface area contributed by atoms with Crippen molar-refractivity contribution >= 4 is 11.7 Å². The molecule has 0 bridgehead atoms. The fraction of sp³-hybridized carbons (Fsp3) is 0.500. The molecule has 1 aromatic rings. The number of nitro groups is 1. The monoisotopic (exact) mass is 278 g/mol. The quantitative estimate of drug-likeness (QED) is 0.638. The average molecular weight is 278 g/mol. The molecular weight excluding hydrogens is 260 g/mol. The highest BCUT2D eigenvalue weighted by Crippen LogP contribution is 2.25. The van der Waals surface area contributed by atoms with Crippen molar-refractivity contribution in [3.05, 3.63) is 39.9 Å². The summed E-state index contributed by atoms with van der Waals surface area (Å²) in [5.41, 5.74) is 0.830. The Morgan fingerprint density at radius 3 is 2.70 bits per heavy atom. The molecule has 1 aliphatic rings. The maximum atomic E-state index is 11.0. The number of nitrogens with zero attached hydrogens (tertiary/aromatic N) is 2. The molecule has 1 aromatic carbocycles. The van der Waals surface area contributed by atoms with Crippen LogP contribution in [-0.4, -0.2) is 33.5 Å². The molecule has 6 heteroatoms. The minimum absolute atomic E-state index is 0.0205. The lowest BCUT2D eigenvalue weighted by atomic mass is 10.1. The molecule has 0 heterocycles. The van der Waals surface area contributed by atoms with Crippen LogP contribution in [0.1, 0.15) is 31.2 Å². The Hall–Kier alpha value is -1.95. The van der Waals surface area contributed by atoms with E-state index in [1.165, 1.54) is 12.1 Å². The van der Waals surface area contributed by atoms with Crippen LogP contribution in [0.2, 0.25) is 0 Å². The van der Waals surface area contributed by atoms with Crippen LogP contribution in [0.25, 0.3) is 0 Å². The van der Waals surface area contributed by atoms with Crippen molar-refractivity contribution in [2.45, 2.75) is 38.3 Å². The van der Waals surface area contributed by atoms with Gasteiger partial charge in [0.15, 0.2) is 0 Å². The van der Waals surface area contributed by atoms with Crippen LogP contribution >= 0.6 is 0 Å². The lowest BCUT2D eigenvalue weighted by Crippen LogP contribution is -2.37. The first kappa shape index (κ1) is 14.5. The zero-order valence-electron chi connectivity index (χ0n) is 11.2. The van der Waals surface area contributed by atoms with Crippen molar-refractivity contribution in [2.24, 2.45) is 0 Å². The van der Waals surface area contributed by atoms with Gasteiger partial charge < -0.3 is 5.11 Å². The van der Waals surface area contributed by atoms with E-state index in [-0.39, 0.29) is 18.3 Å². The van der Waals surface area contributed by atoms with E-state index in [1.807, 2.05) is 4.90 Å². The summed E-state index contributed by atoms with van der Waals surface area (Å²) in [6, 6.07) is 6.67. The molecule has 0 aliphatic heterocycles.